The summed E-state index contributed by atoms with van der Waals surface area (Å²) in [7, 11) is 0. The lowest BCUT2D eigenvalue weighted by Gasteiger charge is -2.18. The van der Waals surface area contributed by atoms with Crippen molar-refractivity contribution < 1.29 is 29.2 Å². The summed E-state index contributed by atoms with van der Waals surface area (Å²) in [6, 6.07) is 20.0. The maximum atomic E-state index is 10.6. The van der Waals surface area contributed by atoms with Gasteiger partial charge in [0.1, 0.15) is 13.6 Å². The van der Waals surface area contributed by atoms with Gasteiger partial charge in [-0.1, -0.05) is 84.0 Å². The molecule has 0 radical (unpaired) electrons. The minimum atomic E-state index is -0.443. The lowest BCUT2D eigenvalue weighted by molar-refractivity contribution is -0.104. The molecular formula is C31H40O6. The molecule has 37 heavy (non-hydrogen) atoms. The van der Waals surface area contributed by atoms with Gasteiger partial charge in [0, 0.05) is 12.8 Å². The summed E-state index contributed by atoms with van der Waals surface area (Å²) in [5.41, 5.74) is 4.63. The third kappa shape index (κ3) is 10.2. The van der Waals surface area contributed by atoms with Gasteiger partial charge in [-0.15, -0.1) is 0 Å². The van der Waals surface area contributed by atoms with Crippen LogP contribution in [0.5, 0.6) is 0 Å². The van der Waals surface area contributed by atoms with E-state index in [2.05, 4.69) is 12.2 Å². The van der Waals surface area contributed by atoms with Crippen LogP contribution in [0.15, 0.2) is 84.0 Å². The minimum Gasteiger partial charge on any atom is -0.393 e. The lowest BCUT2D eigenvalue weighted by Crippen LogP contribution is -2.20. The molecule has 4 atom stereocenters. The summed E-state index contributed by atoms with van der Waals surface area (Å²) in [5, 5.41) is 21.2. The SMILES string of the molecule is O[C@@H]1CC(CC2=CC[C@H](OCOCc3ccccc3)C[C@@H](O)C2)=CC[C@@H](OCOCc2ccccc2)C1. The van der Waals surface area contributed by atoms with Gasteiger partial charge in [-0.2, -0.15) is 0 Å². The molecule has 200 valence electrons. The molecule has 4 rings (SSSR count). The van der Waals surface area contributed by atoms with Crippen molar-refractivity contribution in [3.63, 3.8) is 0 Å². The molecule has 6 nitrogen and oxygen atoms in total. The second kappa shape index (κ2) is 15.2. The van der Waals surface area contributed by atoms with E-state index in [1.807, 2.05) is 60.7 Å². The Kier molecular flexibility index (Phi) is 11.4. The molecule has 0 fully saturated rings. The Morgan fingerprint density at radius 1 is 0.622 bits per heavy atom. The first kappa shape index (κ1) is 27.7. The highest BCUT2D eigenvalue weighted by atomic mass is 16.7. The van der Waals surface area contributed by atoms with Crippen LogP contribution in [0, 0.1) is 0 Å². The van der Waals surface area contributed by atoms with Crippen molar-refractivity contribution in [2.75, 3.05) is 13.6 Å². The van der Waals surface area contributed by atoms with Crippen molar-refractivity contribution >= 4 is 0 Å². The van der Waals surface area contributed by atoms with Crippen molar-refractivity contribution in [2.45, 2.75) is 82.6 Å². The van der Waals surface area contributed by atoms with Crippen molar-refractivity contribution in [1.82, 2.24) is 0 Å². The van der Waals surface area contributed by atoms with E-state index in [9.17, 15) is 10.2 Å². The number of ether oxygens (including phenoxy) is 4. The molecule has 0 bridgehead atoms. The van der Waals surface area contributed by atoms with E-state index < -0.39 is 12.2 Å². The predicted octanol–water partition coefficient (Wildman–Crippen LogP) is 5.44. The van der Waals surface area contributed by atoms with E-state index in [0.717, 1.165) is 30.4 Å². The van der Waals surface area contributed by atoms with Crippen molar-refractivity contribution in [1.29, 1.82) is 0 Å². The third-order valence-corrected chi connectivity index (χ3v) is 6.86. The molecular weight excluding hydrogens is 468 g/mol. The van der Waals surface area contributed by atoms with E-state index >= 15 is 0 Å². The smallest absolute Gasteiger partial charge is 0.147 e. The largest absolute Gasteiger partial charge is 0.393 e. The number of benzene rings is 2. The molecule has 6 heteroatoms. The van der Waals surface area contributed by atoms with E-state index in [4.69, 9.17) is 18.9 Å². The van der Waals surface area contributed by atoms with E-state index in [1.54, 1.807) is 0 Å². The second-order valence-electron chi connectivity index (χ2n) is 10.0. The van der Waals surface area contributed by atoms with Gasteiger partial charge in [0.2, 0.25) is 0 Å². The molecule has 0 saturated carbocycles. The maximum Gasteiger partial charge on any atom is 0.147 e. The van der Waals surface area contributed by atoms with Gasteiger partial charge in [0.25, 0.3) is 0 Å². The van der Waals surface area contributed by atoms with Crippen molar-refractivity contribution in [2.24, 2.45) is 0 Å². The van der Waals surface area contributed by atoms with Gasteiger partial charge < -0.3 is 29.2 Å². The zero-order valence-corrected chi connectivity index (χ0v) is 21.5. The lowest BCUT2D eigenvalue weighted by atomic mass is 9.96. The number of aliphatic hydroxyl groups excluding tert-OH is 2. The Labute approximate surface area is 220 Å². The molecule has 0 saturated heterocycles. The Hall–Kier alpha value is -2.32. The standard InChI is InChI=1S/C31H40O6/c32-28-16-26(11-13-30(18-28)36-22-34-20-24-7-3-1-4-8-24)15-27-12-14-31(19-29(33)17-27)37-23-35-21-25-9-5-2-6-10-25/h1-12,28-33H,13-23H2/t28-,29+,30-,31+. The Morgan fingerprint density at radius 2 is 1.05 bits per heavy atom. The normalized spacial score (nSPS) is 24.6. The molecule has 2 aliphatic rings. The third-order valence-electron chi connectivity index (χ3n) is 6.86. The van der Waals surface area contributed by atoms with Crippen LogP contribution in [0.25, 0.3) is 0 Å². The van der Waals surface area contributed by atoms with Crippen LogP contribution in [0.3, 0.4) is 0 Å². The first-order chi connectivity index (χ1) is 18.1. The summed E-state index contributed by atoms with van der Waals surface area (Å²) in [5.74, 6) is 0. The van der Waals surface area contributed by atoms with E-state index in [-0.39, 0.29) is 25.8 Å². The molecule has 0 heterocycles. The van der Waals surface area contributed by atoms with Crippen molar-refractivity contribution in [3.05, 3.63) is 95.1 Å². The topological polar surface area (TPSA) is 77.4 Å². The molecule has 0 aliphatic heterocycles. The van der Waals surface area contributed by atoms with Crippen LogP contribution in [0.2, 0.25) is 0 Å². The highest BCUT2D eigenvalue weighted by Crippen LogP contribution is 2.30. The Morgan fingerprint density at radius 3 is 1.49 bits per heavy atom. The summed E-state index contributed by atoms with van der Waals surface area (Å²) < 4.78 is 23.1. The van der Waals surface area contributed by atoms with Crippen LogP contribution >= 0.6 is 0 Å². The van der Waals surface area contributed by atoms with Crippen LogP contribution in [0.4, 0.5) is 0 Å². The summed E-state index contributed by atoms with van der Waals surface area (Å²) in [6.07, 6.45) is 8.09. The molecule has 2 aromatic carbocycles. The number of rotatable bonds is 12. The molecule has 0 unspecified atom stereocenters. The fraction of sp³-hybridized carbons (Fsp3) is 0.484. The van der Waals surface area contributed by atoms with Crippen LogP contribution < -0.4 is 0 Å². The molecule has 0 spiro atoms. The quantitative estimate of drug-likeness (QED) is 0.226. The molecule has 0 amide bonds. The summed E-state index contributed by atoms with van der Waals surface area (Å²) >= 11 is 0. The van der Waals surface area contributed by atoms with Gasteiger partial charge in [0.15, 0.2) is 0 Å². The number of hydrogen-bond acceptors (Lipinski definition) is 6. The summed E-state index contributed by atoms with van der Waals surface area (Å²) in [4.78, 5) is 0. The summed E-state index contributed by atoms with van der Waals surface area (Å²) in [6.45, 7) is 1.45. The Bertz CT molecular complexity index is 894. The zero-order valence-electron chi connectivity index (χ0n) is 21.5. The van der Waals surface area contributed by atoms with E-state index in [0.29, 0.717) is 38.9 Å². The molecule has 2 aliphatic carbocycles. The van der Waals surface area contributed by atoms with Crippen molar-refractivity contribution in [3.8, 4) is 0 Å². The fourth-order valence-corrected chi connectivity index (χ4v) is 4.94. The number of aliphatic hydroxyl groups is 2. The zero-order chi connectivity index (χ0) is 25.7. The highest BCUT2D eigenvalue weighted by Gasteiger charge is 2.23. The number of hydrogen-bond donors (Lipinski definition) is 2. The first-order valence-corrected chi connectivity index (χ1v) is 13.3. The molecule has 0 aromatic heterocycles. The average Bonchev–Trinajstić information content (AvgIpc) is 3.20. The van der Waals surface area contributed by atoms with Crippen LogP contribution in [-0.4, -0.2) is 48.2 Å². The van der Waals surface area contributed by atoms with Gasteiger partial charge in [-0.3, -0.25) is 0 Å². The average molecular weight is 509 g/mol. The molecule has 2 N–H and O–H groups in total. The molecule has 2 aromatic rings. The fourth-order valence-electron chi connectivity index (χ4n) is 4.94. The monoisotopic (exact) mass is 508 g/mol. The second-order valence-corrected chi connectivity index (χ2v) is 10.0. The van der Waals surface area contributed by atoms with Crippen LogP contribution in [0.1, 0.15) is 56.1 Å². The van der Waals surface area contributed by atoms with Gasteiger partial charge in [0.05, 0.1) is 37.6 Å². The maximum absolute atomic E-state index is 10.6. The first-order valence-electron chi connectivity index (χ1n) is 13.3. The Balaban J connectivity index is 1.19. The van der Waals surface area contributed by atoms with Gasteiger partial charge in [-0.05, 0) is 43.2 Å². The highest BCUT2D eigenvalue weighted by molar-refractivity contribution is 5.20. The van der Waals surface area contributed by atoms with Gasteiger partial charge >= 0.3 is 0 Å². The minimum absolute atomic E-state index is 0.0642. The van der Waals surface area contributed by atoms with E-state index in [1.165, 1.54) is 11.1 Å². The van der Waals surface area contributed by atoms with Crippen LogP contribution in [-0.2, 0) is 32.2 Å². The van der Waals surface area contributed by atoms with Gasteiger partial charge in [-0.25, -0.2) is 0 Å². The predicted molar refractivity (Wildman–Crippen MR) is 142 cm³/mol.